The van der Waals surface area contributed by atoms with Crippen LogP contribution in [0.25, 0.3) is 0 Å². The molecule has 2 nitrogen and oxygen atoms in total. The predicted octanol–water partition coefficient (Wildman–Crippen LogP) is 2.37. The molecule has 1 unspecified atom stereocenters. The first-order valence-corrected chi connectivity index (χ1v) is 5.30. The number of likely N-dealkylation sites (N-methyl/N-ethyl adjacent to an activating group) is 1. The van der Waals surface area contributed by atoms with Gasteiger partial charge in [0.25, 0.3) is 0 Å². The Morgan fingerprint density at radius 3 is 1.77 bits per heavy atom. The van der Waals surface area contributed by atoms with Crippen molar-refractivity contribution < 1.29 is 5.11 Å². The van der Waals surface area contributed by atoms with Crippen LogP contribution in [0.15, 0.2) is 0 Å². The Morgan fingerprint density at radius 1 is 1.15 bits per heavy atom. The zero-order valence-electron chi connectivity index (χ0n) is 10.2. The largest absolute Gasteiger partial charge is 0.392 e. The molecule has 82 valence electrons. The van der Waals surface area contributed by atoms with Gasteiger partial charge in [0.2, 0.25) is 0 Å². The average molecular weight is 189 g/mol. The van der Waals surface area contributed by atoms with E-state index in [1.807, 2.05) is 14.0 Å². The molecule has 0 saturated heterocycles. The van der Waals surface area contributed by atoms with Crippen molar-refractivity contribution in [3.63, 3.8) is 0 Å². The molecule has 13 heavy (non-hydrogen) atoms. The van der Waals surface area contributed by atoms with Crippen LogP contribution < -0.4 is 0 Å². The first-order valence-electron chi connectivity index (χ1n) is 5.30. The molecule has 0 aromatic heterocycles. The van der Waals surface area contributed by atoms with Crippen LogP contribution >= 0.6 is 0 Å². The van der Waals surface area contributed by atoms with Gasteiger partial charge in [-0.3, -0.25) is 0 Å². The van der Waals surface area contributed by atoms with E-state index in [1.54, 1.807) is 0 Å². The van der Waals surface area contributed by atoms with Crippen LogP contribution in [-0.4, -0.2) is 36.2 Å². The van der Waals surface area contributed by atoms with E-state index >= 15 is 0 Å². The lowest BCUT2D eigenvalue weighted by molar-refractivity contribution is 0.125. The molecule has 0 fully saturated rings. The Hall–Kier alpha value is -0.0800. The molecule has 0 heterocycles. The van der Waals surface area contributed by atoms with Gasteiger partial charge >= 0.3 is 0 Å². The van der Waals surface area contributed by atoms with E-state index in [4.69, 9.17) is 5.11 Å². The molecule has 0 aromatic rings. The topological polar surface area (TPSA) is 23.5 Å². The van der Waals surface area contributed by atoms with E-state index in [1.165, 1.54) is 0 Å². The maximum absolute atomic E-state index is 9.12. The minimum atomic E-state index is -0.144. The number of aliphatic hydroxyl groups is 1. The summed E-state index contributed by atoms with van der Waals surface area (Å²) in [6.07, 6.45) is 0.708. The van der Waals surface area contributed by atoms with Gasteiger partial charge in [-0.1, -0.05) is 34.6 Å². The summed E-state index contributed by atoms with van der Waals surface area (Å²) in [5, 5.41) is 9.12. The van der Waals surface area contributed by atoms with Crippen molar-refractivity contribution in [3.05, 3.63) is 0 Å². The van der Waals surface area contributed by atoms with Gasteiger partial charge in [-0.25, -0.2) is 0 Å². The molecule has 0 aromatic carbocycles. The third-order valence-electron chi connectivity index (χ3n) is 1.53. The zero-order valence-corrected chi connectivity index (χ0v) is 10.2. The minimum Gasteiger partial charge on any atom is -0.392 e. The van der Waals surface area contributed by atoms with Gasteiger partial charge in [0.1, 0.15) is 0 Å². The van der Waals surface area contributed by atoms with E-state index in [-0.39, 0.29) is 6.10 Å². The van der Waals surface area contributed by atoms with Gasteiger partial charge in [-0.05, 0) is 25.9 Å². The van der Waals surface area contributed by atoms with Crippen LogP contribution in [0, 0.1) is 5.92 Å². The first-order chi connectivity index (χ1) is 5.93. The van der Waals surface area contributed by atoms with Crippen molar-refractivity contribution >= 4 is 0 Å². The molecule has 0 aliphatic rings. The monoisotopic (exact) mass is 189 g/mol. The number of nitrogens with zero attached hydrogens (tertiary/aromatic N) is 1. The highest BCUT2D eigenvalue weighted by molar-refractivity contribution is 4.56. The lowest BCUT2D eigenvalue weighted by Crippen LogP contribution is -2.28. The second-order valence-corrected chi connectivity index (χ2v) is 4.15. The summed E-state index contributed by atoms with van der Waals surface area (Å²) in [6.45, 7) is 12.4. The second kappa shape index (κ2) is 10.0. The molecular weight excluding hydrogens is 162 g/mol. The first kappa shape index (κ1) is 15.4. The van der Waals surface area contributed by atoms with Gasteiger partial charge in [-0.15, -0.1) is 0 Å². The molecule has 2 heteroatoms. The van der Waals surface area contributed by atoms with Crippen LogP contribution in [0.4, 0.5) is 0 Å². The Morgan fingerprint density at radius 2 is 1.54 bits per heavy atom. The van der Waals surface area contributed by atoms with E-state index in [0.29, 0.717) is 0 Å². The molecular formula is C11H27NO. The van der Waals surface area contributed by atoms with Crippen LogP contribution in [0.5, 0.6) is 0 Å². The molecule has 0 spiro atoms. The van der Waals surface area contributed by atoms with E-state index < -0.39 is 0 Å². The normalized spacial score (nSPS) is 12.7. The smallest absolute Gasteiger partial charge is 0.0664 e. The molecule has 1 N–H and O–H groups in total. The number of aliphatic hydroxyl groups excluding tert-OH is 1. The average Bonchev–Trinajstić information content (AvgIpc) is 2.03. The summed E-state index contributed by atoms with van der Waals surface area (Å²) < 4.78 is 0. The number of hydrogen-bond acceptors (Lipinski definition) is 2. The molecule has 0 saturated carbocycles. The van der Waals surface area contributed by atoms with Crippen LogP contribution in [0.1, 0.15) is 41.0 Å². The van der Waals surface area contributed by atoms with E-state index in [2.05, 4.69) is 32.6 Å². The molecule has 0 amide bonds. The quantitative estimate of drug-likeness (QED) is 0.734. The summed E-state index contributed by atoms with van der Waals surface area (Å²) in [4.78, 5) is 2.11. The summed E-state index contributed by atoms with van der Waals surface area (Å²) in [6, 6.07) is 0. The van der Waals surface area contributed by atoms with Crippen molar-refractivity contribution in [2.24, 2.45) is 5.92 Å². The van der Waals surface area contributed by atoms with Crippen molar-refractivity contribution in [2.75, 3.05) is 20.1 Å². The predicted molar refractivity (Wildman–Crippen MR) is 60.0 cm³/mol. The lowest BCUT2D eigenvalue weighted by atomic mass is 10.3. The van der Waals surface area contributed by atoms with Crippen LogP contribution in [0.2, 0.25) is 0 Å². The van der Waals surface area contributed by atoms with E-state index in [0.717, 1.165) is 25.4 Å². The Kier molecular flexibility index (Phi) is 11.8. The van der Waals surface area contributed by atoms with Gasteiger partial charge in [0, 0.05) is 6.54 Å². The van der Waals surface area contributed by atoms with Crippen molar-refractivity contribution in [3.8, 4) is 0 Å². The third-order valence-corrected chi connectivity index (χ3v) is 1.53. The molecule has 0 radical (unpaired) electrons. The van der Waals surface area contributed by atoms with Gasteiger partial charge < -0.3 is 10.0 Å². The van der Waals surface area contributed by atoms with E-state index in [9.17, 15) is 0 Å². The fourth-order valence-corrected chi connectivity index (χ4v) is 0.618. The second-order valence-electron chi connectivity index (χ2n) is 4.15. The van der Waals surface area contributed by atoms with Crippen molar-refractivity contribution in [1.29, 1.82) is 0 Å². The zero-order chi connectivity index (χ0) is 10.9. The maximum Gasteiger partial charge on any atom is 0.0664 e. The van der Waals surface area contributed by atoms with Gasteiger partial charge in [-0.2, -0.15) is 0 Å². The maximum atomic E-state index is 9.12. The Labute approximate surface area is 83.9 Å². The molecule has 0 aliphatic carbocycles. The summed E-state index contributed by atoms with van der Waals surface area (Å²) in [5.41, 5.74) is 0. The highest BCUT2D eigenvalue weighted by atomic mass is 16.3. The van der Waals surface area contributed by atoms with Gasteiger partial charge in [0.15, 0.2) is 0 Å². The Bertz CT molecular complexity index is 83.3. The lowest BCUT2D eigenvalue weighted by Gasteiger charge is -2.16. The van der Waals surface area contributed by atoms with Crippen molar-refractivity contribution in [1.82, 2.24) is 4.90 Å². The minimum absolute atomic E-state index is 0.144. The summed E-state index contributed by atoms with van der Waals surface area (Å²) >= 11 is 0. The van der Waals surface area contributed by atoms with Crippen LogP contribution in [0.3, 0.4) is 0 Å². The SMILES string of the molecule is CC(C)C.CCC(O)CN(C)CC. The fraction of sp³-hybridized carbons (Fsp3) is 1.00. The molecule has 0 bridgehead atoms. The number of rotatable bonds is 4. The summed E-state index contributed by atoms with van der Waals surface area (Å²) in [5.74, 6) is 0.833. The third kappa shape index (κ3) is 18.7. The fourth-order valence-electron chi connectivity index (χ4n) is 0.618. The highest BCUT2D eigenvalue weighted by Gasteiger charge is 2.01. The Balaban J connectivity index is 0. The standard InChI is InChI=1S/C7H17NO.C4H10/c1-4-7(9)6-8(3)5-2;1-4(2)3/h7,9H,4-6H2,1-3H3;4H,1-3H3. The molecule has 1 atom stereocenters. The number of hydrogen-bond donors (Lipinski definition) is 1. The van der Waals surface area contributed by atoms with Gasteiger partial charge in [0.05, 0.1) is 6.10 Å². The molecule has 0 aliphatic heterocycles. The molecule has 0 rings (SSSR count). The van der Waals surface area contributed by atoms with Crippen LogP contribution in [-0.2, 0) is 0 Å². The highest BCUT2D eigenvalue weighted by Crippen LogP contribution is 1.91. The van der Waals surface area contributed by atoms with Crippen molar-refractivity contribution in [2.45, 2.75) is 47.1 Å². The summed E-state index contributed by atoms with van der Waals surface area (Å²) in [7, 11) is 2.01.